The van der Waals surface area contributed by atoms with Crippen LogP contribution in [0.5, 0.6) is 0 Å². The second-order valence-electron chi connectivity index (χ2n) is 4.70. The van der Waals surface area contributed by atoms with Crippen LogP contribution in [0.25, 0.3) is 21.5 Å². The van der Waals surface area contributed by atoms with Gasteiger partial charge in [-0.15, -0.1) is 5.10 Å². The van der Waals surface area contributed by atoms with E-state index in [4.69, 9.17) is 0 Å². The summed E-state index contributed by atoms with van der Waals surface area (Å²) in [5, 5.41) is 18.3. The van der Waals surface area contributed by atoms with Gasteiger partial charge in [-0.2, -0.15) is 5.21 Å². The first-order chi connectivity index (χ1) is 10.4. The molecule has 0 amide bonds. The van der Waals surface area contributed by atoms with Crippen LogP contribution in [0, 0.1) is 0 Å². The fourth-order valence-corrected chi connectivity index (χ4v) is 2.52. The van der Waals surface area contributed by atoms with Crippen molar-refractivity contribution in [1.29, 1.82) is 0 Å². The molecule has 1 N–H and O–H groups in total. The molecular formula is C16H11N5. The number of aromatic amines is 1. The molecule has 5 nitrogen and oxygen atoms in total. The number of nitrogens with one attached hydrogen (secondary N) is 1. The minimum Gasteiger partial charge on any atom is -0.216 e. The highest BCUT2D eigenvalue weighted by Crippen LogP contribution is 2.27. The predicted octanol–water partition coefficient (Wildman–Crippen LogP) is 3.26. The van der Waals surface area contributed by atoms with E-state index in [9.17, 15) is 0 Å². The van der Waals surface area contributed by atoms with Crippen LogP contribution in [0.2, 0.25) is 0 Å². The van der Waals surface area contributed by atoms with Gasteiger partial charge < -0.3 is 0 Å². The minimum atomic E-state index is 0.326. The molecule has 0 fully saturated rings. The smallest absolute Gasteiger partial charge is 0.216 e. The molecule has 5 heteroatoms. The molecule has 0 aliphatic rings. The van der Waals surface area contributed by atoms with E-state index >= 15 is 0 Å². The zero-order valence-electron chi connectivity index (χ0n) is 11.1. The van der Waals surface area contributed by atoms with Crippen molar-refractivity contribution < 1.29 is 0 Å². The number of rotatable bonds is 2. The maximum absolute atomic E-state index is 4.30. The average molecular weight is 273 g/mol. The molecule has 1 aromatic heterocycles. The second-order valence-corrected chi connectivity index (χ2v) is 4.70. The Morgan fingerprint density at radius 1 is 0.905 bits per heavy atom. The number of aliphatic imine (C=N–C) groups is 1. The maximum atomic E-state index is 4.30. The third kappa shape index (κ3) is 2.04. The number of H-pyrrole nitrogens is 1. The Hall–Kier alpha value is -3.08. The summed E-state index contributed by atoms with van der Waals surface area (Å²) in [7, 11) is 0. The van der Waals surface area contributed by atoms with Gasteiger partial charge >= 0.3 is 0 Å². The molecule has 1 heterocycles. The molecule has 0 atom stereocenters. The van der Waals surface area contributed by atoms with Gasteiger partial charge in [0.25, 0.3) is 5.95 Å². The minimum absolute atomic E-state index is 0.326. The van der Waals surface area contributed by atoms with Crippen LogP contribution in [0.4, 0.5) is 5.95 Å². The molecule has 100 valence electrons. The number of nitrogens with zero attached hydrogens (tertiary/aromatic N) is 4. The lowest BCUT2D eigenvalue weighted by Gasteiger charge is -2.07. The molecule has 0 aliphatic carbocycles. The quantitative estimate of drug-likeness (QED) is 0.450. The van der Waals surface area contributed by atoms with Gasteiger partial charge in [-0.1, -0.05) is 53.6 Å². The van der Waals surface area contributed by atoms with Crippen molar-refractivity contribution in [2.24, 2.45) is 4.99 Å². The van der Waals surface area contributed by atoms with Crippen molar-refractivity contribution in [3.05, 3.63) is 60.2 Å². The van der Waals surface area contributed by atoms with Gasteiger partial charge in [0.05, 0.1) is 0 Å². The Kier molecular flexibility index (Phi) is 2.67. The van der Waals surface area contributed by atoms with Gasteiger partial charge in [-0.25, -0.2) is 4.99 Å². The predicted molar refractivity (Wildman–Crippen MR) is 82.9 cm³/mol. The second kappa shape index (κ2) is 4.79. The molecule has 0 aliphatic heterocycles. The van der Waals surface area contributed by atoms with Crippen LogP contribution in [0.1, 0.15) is 5.56 Å². The summed E-state index contributed by atoms with van der Waals surface area (Å²) in [6.45, 7) is 0. The maximum Gasteiger partial charge on any atom is 0.288 e. The summed E-state index contributed by atoms with van der Waals surface area (Å²) in [6, 6.07) is 18.7. The van der Waals surface area contributed by atoms with Crippen molar-refractivity contribution in [3.8, 4) is 0 Å². The number of aromatic nitrogens is 4. The lowest BCUT2D eigenvalue weighted by atomic mass is 9.97. The Morgan fingerprint density at radius 3 is 2.19 bits per heavy atom. The molecule has 3 aromatic carbocycles. The number of hydrogen-bond donors (Lipinski definition) is 1. The number of tetrazole rings is 1. The van der Waals surface area contributed by atoms with Crippen molar-refractivity contribution in [1.82, 2.24) is 20.6 Å². The van der Waals surface area contributed by atoms with E-state index in [0.717, 1.165) is 16.3 Å². The molecular weight excluding hydrogens is 262 g/mol. The summed E-state index contributed by atoms with van der Waals surface area (Å²) < 4.78 is 0. The summed E-state index contributed by atoms with van der Waals surface area (Å²) >= 11 is 0. The van der Waals surface area contributed by atoms with Crippen molar-refractivity contribution in [2.75, 3.05) is 0 Å². The van der Waals surface area contributed by atoms with E-state index in [1.54, 1.807) is 6.21 Å². The highest BCUT2D eigenvalue weighted by Gasteiger charge is 2.05. The van der Waals surface area contributed by atoms with E-state index in [1.165, 1.54) is 10.8 Å². The van der Waals surface area contributed by atoms with E-state index < -0.39 is 0 Å². The number of benzene rings is 3. The zero-order valence-corrected chi connectivity index (χ0v) is 11.1. The normalized spacial score (nSPS) is 11.6. The summed E-state index contributed by atoms with van der Waals surface area (Å²) in [6.07, 6.45) is 1.80. The fraction of sp³-hybridized carbons (Fsp3) is 0. The standard InChI is InChI=1S/C16H11N5/c1-3-7-13-11(5-1)9-12-6-2-4-8-14(12)15(13)10-17-16-18-20-21-19-16/h1-10H,(H,18,19,20,21). The molecule has 0 radical (unpaired) electrons. The third-order valence-electron chi connectivity index (χ3n) is 3.46. The van der Waals surface area contributed by atoms with Gasteiger partial charge in [0, 0.05) is 11.8 Å². The first-order valence-electron chi connectivity index (χ1n) is 6.60. The van der Waals surface area contributed by atoms with Crippen LogP contribution >= 0.6 is 0 Å². The average Bonchev–Trinajstić information content (AvgIpc) is 3.05. The topological polar surface area (TPSA) is 66.8 Å². The van der Waals surface area contributed by atoms with E-state index in [1.807, 2.05) is 24.3 Å². The van der Waals surface area contributed by atoms with E-state index in [-0.39, 0.29) is 0 Å². The first kappa shape index (κ1) is 11.7. The van der Waals surface area contributed by atoms with Gasteiger partial charge in [-0.05, 0) is 32.8 Å². The molecule has 4 aromatic rings. The van der Waals surface area contributed by atoms with Crippen LogP contribution in [-0.2, 0) is 0 Å². The highest BCUT2D eigenvalue weighted by atomic mass is 15.5. The van der Waals surface area contributed by atoms with E-state index in [2.05, 4.69) is 55.9 Å². The van der Waals surface area contributed by atoms with Gasteiger partial charge in [0.1, 0.15) is 0 Å². The fourth-order valence-electron chi connectivity index (χ4n) is 2.52. The summed E-state index contributed by atoms with van der Waals surface area (Å²) in [5.41, 5.74) is 1.06. The molecule has 0 saturated carbocycles. The zero-order chi connectivity index (χ0) is 14.1. The molecule has 21 heavy (non-hydrogen) atoms. The molecule has 4 rings (SSSR count). The molecule has 0 saturated heterocycles. The lowest BCUT2D eigenvalue weighted by Crippen LogP contribution is -1.88. The Balaban J connectivity index is 2.02. The Labute approximate surface area is 120 Å². The largest absolute Gasteiger partial charge is 0.288 e. The number of fused-ring (bicyclic) bond motifs is 2. The van der Waals surface area contributed by atoms with Crippen LogP contribution < -0.4 is 0 Å². The summed E-state index contributed by atoms with van der Waals surface area (Å²) in [5.74, 6) is 0.326. The number of hydrogen-bond acceptors (Lipinski definition) is 4. The van der Waals surface area contributed by atoms with Crippen LogP contribution in [0.15, 0.2) is 59.6 Å². The van der Waals surface area contributed by atoms with Crippen molar-refractivity contribution in [2.45, 2.75) is 0 Å². The van der Waals surface area contributed by atoms with Crippen molar-refractivity contribution in [3.63, 3.8) is 0 Å². The first-order valence-corrected chi connectivity index (χ1v) is 6.60. The van der Waals surface area contributed by atoms with Crippen LogP contribution in [0.3, 0.4) is 0 Å². The van der Waals surface area contributed by atoms with E-state index in [0.29, 0.717) is 5.95 Å². The highest BCUT2D eigenvalue weighted by molar-refractivity contribution is 6.13. The summed E-state index contributed by atoms with van der Waals surface area (Å²) in [4.78, 5) is 4.30. The SMILES string of the molecule is C(=Nc1nn[nH]n1)c1c2ccccc2cc2ccccc12. The third-order valence-corrected chi connectivity index (χ3v) is 3.46. The van der Waals surface area contributed by atoms with Gasteiger partial charge in [-0.3, -0.25) is 0 Å². The Bertz CT molecular complexity index is 887. The monoisotopic (exact) mass is 273 g/mol. The molecule has 0 bridgehead atoms. The lowest BCUT2D eigenvalue weighted by molar-refractivity contribution is 0.881. The Morgan fingerprint density at radius 2 is 1.57 bits per heavy atom. The van der Waals surface area contributed by atoms with Crippen LogP contribution in [-0.4, -0.2) is 26.8 Å². The van der Waals surface area contributed by atoms with Gasteiger partial charge in [0.15, 0.2) is 0 Å². The van der Waals surface area contributed by atoms with Gasteiger partial charge in [0.2, 0.25) is 0 Å². The van der Waals surface area contributed by atoms with Crippen molar-refractivity contribution >= 4 is 33.7 Å². The molecule has 0 spiro atoms. The molecule has 0 unspecified atom stereocenters.